The van der Waals surface area contributed by atoms with Crippen molar-refractivity contribution in [3.63, 3.8) is 0 Å². The third-order valence-corrected chi connectivity index (χ3v) is 5.88. The van der Waals surface area contributed by atoms with E-state index >= 15 is 0 Å². The summed E-state index contributed by atoms with van der Waals surface area (Å²) in [5.74, 6) is 0.811. The Morgan fingerprint density at radius 1 is 1.24 bits per heavy atom. The Bertz CT molecular complexity index is 724. The molecule has 1 aromatic carbocycles. The van der Waals surface area contributed by atoms with Crippen LogP contribution in [0.25, 0.3) is 0 Å². The van der Waals surface area contributed by atoms with Gasteiger partial charge in [0.1, 0.15) is 12.0 Å². The predicted octanol–water partition coefficient (Wildman–Crippen LogP) is 2.09. The number of hydrogen-bond acceptors (Lipinski definition) is 5. The molecular weight excluding hydrogens is 388 g/mol. The van der Waals surface area contributed by atoms with Gasteiger partial charge in [-0.05, 0) is 68.9 Å². The van der Waals surface area contributed by atoms with E-state index in [1.54, 1.807) is 7.11 Å². The Balaban J connectivity index is 1.60. The number of ether oxygens (including phenoxy) is 1. The molecule has 8 heteroatoms. The summed E-state index contributed by atoms with van der Waals surface area (Å²) in [5, 5.41) is 17.8. The first kappa shape index (κ1) is 21.8. The van der Waals surface area contributed by atoms with Gasteiger partial charge in [0.2, 0.25) is 5.91 Å². The molecule has 1 amide bonds. The minimum absolute atomic E-state index is 0.104. The van der Waals surface area contributed by atoms with E-state index in [0.717, 1.165) is 56.4 Å². The first-order chi connectivity index (χ1) is 14.0. The molecule has 160 valence electrons. The summed E-state index contributed by atoms with van der Waals surface area (Å²) in [6, 6.07) is 5.61. The molecule has 2 heterocycles. The highest BCUT2D eigenvalue weighted by atomic mass is 32.1. The molecule has 29 heavy (non-hydrogen) atoms. The second kappa shape index (κ2) is 10.2. The lowest BCUT2D eigenvalue weighted by molar-refractivity contribution is -0.134. The normalized spacial score (nSPS) is 22.8. The van der Waals surface area contributed by atoms with Crippen LogP contribution in [0.5, 0.6) is 5.75 Å². The maximum absolute atomic E-state index is 12.5. The van der Waals surface area contributed by atoms with Crippen molar-refractivity contribution in [3.05, 3.63) is 23.8 Å². The third kappa shape index (κ3) is 5.81. The smallest absolute Gasteiger partial charge is 0.236 e. The van der Waals surface area contributed by atoms with Crippen molar-refractivity contribution in [3.8, 4) is 5.75 Å². The number of methoxy groups -OCH3 is 1. The van der Waals surface area contributed by atoms with E-state index in [0.29, 0.717) is 17.4 Å². The predicted molar refractivity (Wildman–Crippen MR) is 118 cm³/mol. The van der Waals surface area contributed by atoms with Gasteiger partial charge >= 0.3 is 0 Å². The number of hydrogen-bond donors (Lipinski definition) is 3. The first-order valence-corrected chi connectivity index (χ1v) is 10.8. The number of aliphatic hydroxyl groups is 1. The average Bonchev–Trinajstić information content (AvgIpc) is 3.18. The van der Waals surface area contributed by atoms with Gasteiger partial charge in [-0.3, -0.25) is 9.69 Å². The number of benzene rings is 1. The molecule has 7 nitrogen and oxygen atoms in total. The summed E-state index contributed by atoms with van der Waals surface area (Å²) in [4.78, 5) is 16.3. The number of aliphatic hydroxyl groups excluding tert-OH is 1. The molecule has 0 spiro atoms. The van der Waals surface area contributed by atoms with Crippen LogP contribution in [0.1, 0.15) is 37.7 Å². The molecule has 2 saturated heterocycles. The number of nitrogens with zero attached hydrogens (tertiary/aromatic N) is 2. The Hall–Kier alpha value is -1.90. The summed E-state index contributed by atoms with van der Waals surface area (Å²) in [7, 11) is 1.62. The molecule has 0 saturated carbocycles. The molecule has 2 atom stereocenters. The first-order valence-electron chi connectivity index (χ1n) is 10.4. The number of aryl methyl sites for hydroxylation is 1. The highest BCUT2D eigenvalue weighted by Gasteiger charge is 2.31. The molecule has 1 aromatic rings. The second-order valence-electron chi connectivity index (χ2n) is 7.88. The van der Waals surface area contributed by atoms with Gasteiger partial charge in [0, 0.05) is 19.6 Å². The number of carbonyl (C=O) groups is 1. The van der Waals surface area contributed by atoms with Crippen molar-refractivity contribution in [2.24, 2.45) is 0 Å². The maximum atomic E-state index is 12.5. The molecule has 2 fully saturated rings. The van der Waals surface area contributed by atoms with Gasteiger partial charge in [-0.2, -0.15) is 0 Å². The van der Waals surface area contributed by atoms with Crippen LogP contribution in [-0.2, 0) is 4.79 Å². The van der Waals surface area contributed by atoms with Crippen LogP contribution in [0.15, 0.2) is 18.2 Å². The number of likely N-dealkylation sites (tertiary alicyclic amines) is 2. The molecule has 2 aliphatic rings. The second-order valence-corrected chi connectivity index (χ2v) is 8.28. The molecule has 3 rings (SSSR count). The van der Waals surface area contributed by atoms with Gasteiger partial charge < -0.3 is 25.4 Å². The van der Waals surface area contributed by atoms with Crippen molar-refractivity contribution in [2.45, 2.75) is 51.3 Å². The van der Waals surface area contributed by atoms with E-state index in [1.807, 2.05) is 34.9 Å². The number of rotatable bonds is 5. The minimum atomic E-state index is -0.761. The molecular formula is C21H32N4O3S. The van der Waals surface area contributed by atoms with Gasteiger partial charge in [0.05, 0.1) is 25.4 Å². The van der Waals surface area contributed by atoms with Crippen molar-refractivity contribution in [1.29, 1.82) is 0 Å². The highest BCUT2D eigenvalue weighted by Crippen LogP contribution is 2.25. The number of anilines is 1. The summed E-state index contributed by atoms with van der Waals surface area (Å²) in [6.07, 6.45) is 4.10. The minimum Gasteiger partial charge on any atom is -0.495 e. The summed E-state index contributed by atoms with van der Waals surface area (Å²) in [6.45, 7) is 4.63. The molecule has 3 N–H and O–H groups in total. The molecule has 0 aromatic heterocycles. The number of nitrogens with one attached hydrogen (secondary N) is 2. The topological polar surface area (TPSA) is 77.1 Å². The Kier molecular flexibility index (Phi) is 7.69. The third-order valence-electron chi connectivity index (χ3n) is 5.66. The van der Waals surface area contributed by atoms with Gasteiger partial charge in [-0.15, -0.1) is 0 Å². The fourth-order valence-corrected chi connectivity index (χ4v) is 4.28. The zero-order chi connectivity index (χ0) is 20.8. The van der Waals surface area contributed by atoms with E-state index in [1.165, 1.54) is 0 Å². The maximum Gasteiger partial charge on any atom is 0.236 e. The zero-order valence-electron chi connectivity index (χ0n) is 17.3. The fourth-order valence-electron chi connectivity index (χ4n) is 4.02. The Morgan fingerprint density at radius 3 is 2.69 bits per heavy atom. The number of thiocarbonyl (C=S) groups is 1. The lowest BCUT2D eigenvalue weighted by Gasteiger charge is -2.32. The molecule has 2 aliphatic heterocycles. The summed E-state index contributed by atoms with van der Waals surface area (Å²) in [5.41, 5.74) is 1.88. The van der Waals surface area contributed by atoms with Gasteiger partial charge in [-0.1, -0.05) is 6.07 Å². The summed E-state index contributed by atoms with van der Waals surface area (Å²) >= 11 is 5.50. The van der Waals surface area contributed by atoms with Crippen LogP contribution >= 0.6 is 12.2 Å². The fraction of sp³-hybridized carbons (Fsp3) is 0.619. The summed E-state index contributed by atoms with van der Waals surface area (Å²) < 4.78 is 5.39. The van der Waals surface area contributed by atoms with Crippen LogP contribution in [0.4, 0.5) is 5.69 Å². The van der Waals surface area contributed by atoms with Gasteiger partial charge in [0.25, 0.3) is 0 Å². The van der Waals surface area contributed by atoms with Crippen LogP contribution in [0, 0.1) is 6.92 Å². The van der Waals surface area contributed by atoms with Crippen LogP contribution in [0.3, 0.4) is 0 Å². The van der Waals surface area contributed by atoms with Crippen molar-refractivity contribution in [1.82, 2.24) is 15.1 Å². The van der Waals surface area contributed by atoms with E-state index in [2.05, 4.69) is 10.6 Å². The molecule has 0 bridgehead atoms. The Morgan fingerprint density at radius 2 is 1.97 bits per heavy atom. The number of carbonyl (C=O) groups excluding carboxylic acids is 1. The molecule has 0 aliphatic carbocycles. The van der Waals surface area contributed by atoms with E-state index in [4.69, 9.17) is 17.0 Å². The average molecular weight is 421 g/mol. The van der Waals surface area contributed by atoms with Crippen molar-refractivity contribution >= 4 is 28.9 Å². The van der Waals surface area contributed by atoms with Crippen LogP contribution in [-0.4, -0.2) is 71.5 Å². The highest BCUT2D eigenvalue weighted by molar-refractivity contribution is 7.80. The van der Waals surface area contributed by atoms with Crippen molar-refractivity contribution in [2.75, 3.05) is 38.6 Å². The zero-order valence-corrected chi connectivity index (χ0v) is 18.1. The quantitative estimate of drug-likeness (QED) is 0.630. The SMILES string of the molecule is COc1ccc(C)cc1NC(=S)N[C@H]1CCCCN(CC(=O)N2CCCC2)C1O. The van der Waals surface area contributed by atoms with Crippen LogP contribution in [0.2, 0.25) is 0 Å². The van der Waals surface area contributed by atoms with E-state index < -0.39 is 6.23 Å². The number of amides is 1. The van der Waals surface area contributed by atoms with E-state index in [-0.39, 0.29) is 18.5 Å². The largest absolute Gasteiger partial charge is 0.495 e. The van der Waals surface area contributed by atoms with Gasteiger partial charge in [0.15, 0.2) is 5.11 Å². The van der Waals surface area contributed by atoms with E-state index in [9.17, 15) is 9.90 Å². The van der Waals surface area contributed by atoms with Gasteiger partial charge in [-0.25, -0.2) is 0 Å². The lowest BCUT2D eigenvalue weighted by Crippen LogP contribution is -2.53. The van der Waals surface area contributed by atoms with Crippen molar-refractivity contribution < 1.29 is 14.6 Å². The monoisotopic (exact) mass is 420 g/mol. The molecule has 0 radical (unpaired) electrons. The lowest BCUT2D eigenvalue weighted by atomic mass is 10.1. The van der Waals surface area contributed by atoms with Crippen LogP contribution < -0.4 is 15.4 Å². The molecule has 1 unspecified atom stereocenters. The standard InChI is InChI=1S/C21H32N4O3S/c1-15-8-9-18(28-2)17(13-15)23-21(29)22-16-7-3-4-12-25(20(16)27)14-19(26)24-10-5-6-11-24/h8-9,13,16,20,27H,3-7,10-12,14H2,1-2H3,(H2,22,23,29)/t16-,20?/m0/s1. The Labute approximate surface area is 178 Å².